The molecule has 1 amide bonds. The Balaban J connectivity index is 1.82. The molecule has 7 heteroatoms. The molecule has 98 valence electrons. The third-order valence-corrected chi connectivity index (χ3v) is 4.19. The Kier molecular flexibility index (Phi) is 4.77. The van der Waals surface area contributed by atoms with Crippen molar-refractivity contribution in [1.29, 1.82) is 0 Å². The van der Waals surface area contributed by atoms with Crippen LogP contribution in [0.15, 0.2) is 12.4 Å². The second-order valence-electron chi connectivity index (χ2n) is 4.13. The van der Waals surface area contributed by atoms with Gasteiger partial charge < -0.3 is 10.7 Å². The van der Waals surface area contributed by atoms with E-state index in [0.29, 0.717) is 23.3 Å². The summed E-state index contributed by atoms with van der Waals surface area (Å²) in [4.78, 5) is 19.8. The lowest BCUT2D eigenvalue weighted by molar-refractivity contribution is 0.0948. The number of carbonyl (C=O) groups is 1. The average molecular weight is 267 g/mol. The third-order valence-electron chi connectivity index (χ3n) is 2.80. The highest BCUT2D eigenvalue weighted by Gasteiger charge is 2.15. The van der Waals surface area contributed by atoms with Crippen LogP contribution in [0.4, 0.5) is 5.82 Å². The van der Waals surface area contributed by atoms with E-state index in [-0.39, 0.29) is 5.91 Å². The van der Waals surface area contributed by atoms with Gasteiger partial charge in [-0.25, -0.2) is 15.8 Å². The topological polar surface area (TPSA) is 92.9 Å². The Labute approximate surface area is 110 Å². The molecule has 1 fully saturated rings. The molecular weight excluding hydrogens is 250 g/mol. The predicted octanol–water partition coefficient (Wildman–Crippen LogP) is 0.778. The highest BCUT2D eigenvalue weighted by Crippen LogP contribution is 2.24. The van der Waals surface area contributed by atoms with Crippen LogP contribution < -0.4 is 16.6 Å². The Morgan fingerprint density at radius 3 is 2.94 bits per heavy atom. The van der Waals surface area contributed by atoms with Gasteiger partial charge in [0.05, 0.1) is 12.4 Å². The standard InChI is InChI=1S/C11H17N5OS/c12-16-10-7-13-9(6-14-10)11(17)15-5-8-3-1-2-4-18-8/h6-8H,1-5,12H2,(H,14,16)(H,15,17). The minimum Gasteiger partial charge on any atom is -0.350 e. The first-order chi connectivity index (χ1) is 8.79. The Hall–Kier alpha value is -1.34. The van der Waals surface area contributed by atoms with Crippen molar-refractivity contribution < 1.29 is 4.79 Å². The first-order valence-corrected chi connectivity index (χ1v) is 7.03. The number of nitrogen functional groups attached to an aromatic ring is 1. The first kappa shape index (κ1) is 13.1. The molecule has 0 aliphatic carbocycles. The second kappa shape index (κ2) is 6.55. The molecule has 1 saturated heterocycles. The molecule has 2 rings (SSSR count). The van der Waals surface area contributed by atoms with Crippen molar-refractivity contribution in [3.63, 3.8) is 0 Å². The van der Waals surface area contributed by atoms with Gasteiger partial charge in [-0.2, -0.15) is 11.8 Å². The number of nitrogens with zero attached hydrogens (tertiary/aromatic N) is 2. The number of thioether (sulfide) groups is 1. The van der Waals surface area contributed by atoms with Crippen molar-refractivity contribution in [2.24, 2.45) is 5.84 Å². The fourth-order valence-electron chi connectivity index (χ4n) is 1.79. The predicted molar refractivity (Wildman–Crippen MR) is 72.3 cm³/mol. The minimum atomic E-state index is -0.183. The van der Waals surface area contributed by atoms with E-state index in [1.807, 2.05) is 11.8 Å². The molecule has 0 spiro atoms. The molecule has 18 heavy (non-hydrogen) atoms. The highest BCUT2D eigenvalue weighted by molar-refractivity contribution is 7.99. The van der Waals surface area contributed by atoms with Crippen LogP contribution in [0.2, 0.25) is 0 Å². The largest absolute Gasteiger partial charge is 0.350 e. The van der Waals surface area contributed by atoms with Crippen LogP contribution in [-0.4, -0.2) is 33.4 Å². The first-order valence-electron chi connectivity index (χ1n) is 5.98. The molecule has 0 aromatic carbocycles. The number of rotatable bonds is 4. The number of anilines is 1. The quantitative estimate of drug-likeness (QED) is 0.551. The van der Waals surface area contributed by atoms with Gasteiger partial charge in [0.25, 0.3) is 5.91 Å². The van der Waals surface area contributed by atoms with Crippen molar-refractivity contribution in [3.05, 3.63) is 18.1 Å². The zero-order valence-electron chi connectivity index (χ0n) is 10.1. The number of amides is 1. The third kappa shape index (κ3) is 3.58. The number of hydrazine groups is 1. The molecule has 1 aromatic rings. The van der Waals surface area contributed by atoms with Gasteiger partial charge in [0.2, 0.25) is 0 Å². The lowest BCUT2D eigenvalue weighted by atomic mass is 10.2. The molecule has 1 aromatic heterocycles. The molecule has 4 N–H and O–H groups in total. The lowest BCUT2D eigenvalue weighted by Gasteiger charge is -2.21. The van der Waals surface area contributed by atoms with E-state index in [9.17, 15) is 4.79 Å². The molecule has 1 atom stereocenters. The summed E-state index contributed by atoms with van der Waals surface area (Å²) >= 11 is 1.93. The van der Waals surface area contributed by atoms with Gasteiger partial charge in [-0.05, 0) is 18.6 Å². The molecule has 0 saturated carbocycles. The lowest BCUT2D eigenvalue weighted by Crippen LogP contribution is -2.32. The van der Waals surface area contributed by atoms with Crippen LogP contribution >= 0.6 is 11.8 Å². The van der Waals surface area contributed by atoms with Crippen LogP contribution in [0.25, 0.3) is 0 Å². The summed E-state index contributed by atoms with van der Waals surface area (Å²) in [6, 6.07) is 0. The smallest absolute Gasteiger partial charge is 0.271 e. The molecule has 0 radical (unpaired) electrons. The summed E-state index contributed by atoms with van der Waals surface area (Å²) in [6.45, 7) is 0.696. The Morgan fingerprint density at radius 1 is 1.44 bits per heavy atom. The van der Waals surface area contributed by atoms with Gasteiger partial charge in [0.15, 0.2) is 5.82 Å². The van der Waals surface area contributed by atoms with E-state index in [2.05, 4.69) is 20.7 Å². The molecule has 2 heterocycles. The van der Waals surface area contributed by atoms with Crippen LogP contribution in [0.1, 0.15) is 29.8 Å². The number of hydrogen-bond donors (Lipinski definition) is 3. The van der Waals surface area contributed by atoms with E-state index in [1.165, 1.54) is 37.4 Å². The maximum Gasteiger partial charge on any atom is 0.271 e. The zero-order valence-corrected chi connectivity index (χ0v) is 10.9. The van der Waals surface area contributed by atoms with Gasteiger partial charge in [-0.1, -0.05) is 6.42 Å². The van der Waals surface area contributed by atoms with E-state index < -0.39 is 0 Å². The summed E-state index contributed by atoms with van der Waals surface area (Å²) in [5, 5.41) is 3.42. The SMILES string of the molecule is NNc1cnc(C(=O)NCC2CCCCS2)cn1. The van der Waals surface area contributed by atoms with E-state index >= 15 is 0 Å². The maximum atomic E-state index is 11.8. The maximum absolute atomic E-state index is 11.8. The fraction of sp³-hybridized carbons (Fsp3) is 0.545. The summed E-state index contributed by atoms with van der Waals surface area (Å²) in [5.41, 5.74) is 2.68. The minimum absolute atomic E-state index is 0.183. The molecule has 6 nitrogen and oxygen atoms in total. The van der Waals surface area contributed by atoms with Crippen molar-refractivity contribution in [2.45, 2.75) is 24.5 Å². The monoisotopic (exact) mass is 267 g/mol. The van der Waals surface area contributed by atoms with Crippen LogP contribution in [0.3, 0.4) is 0 Å². The fourth-order valence-corrected chi connectivity index (χ4v) is 3.02. The normalized spacial score (nSPS) is 19.3. The Morgan fingerprint density at radius 2 is 2.33 bits per heavy atom. The Bertz CT molecular complexity index is 391. The number of nitrogens with two attached hydrogens (primary N) is 1. The molecule has 1 aliphatic rings. The van der Waals surface area contributed by atoms with Crippen LogP contribution in [-0.2, 0) is 0 Å². The molecule has 0 bridgehead atoms. The van der Waals surface area contributed by atoms with Crippen LogP contribution in [0, 0.1) is 0 Å². The van der Waals surface area contributed by atoms with Crippen molar-refractivity contribution in [2.75, 3.05) is 17.7 Å². The van der Waals surface area contributed by atoms with Gasteiger partial charge in [-0.3, -0.25) is 4.79 Å². The summed E-state index contributed by atoms with van der Waals surface area (Å²) in [7, 11) is 0. The van der Waals surface area contributed by atoms with Crippen LogP contribution in [0.5, 0.6) is 0 Å². The van der Waals surface area contributed by atoms with Gasteiger partial charge in [0, 0.05) is 11.8 Å². The molecule has 1 unspecified atom stereocenters. The van der Waals surface area contributed by atoms with Gasteiger partial charge >= 0.3 is 0 Å². The number of nitrogens with one attached hydrogen (secondary N) is 2. The summed E-state index contributed by atoms with van der Waals surface area (Å²) in [5.74, 6) is 6.62. The summed E-state index contributed by atoms with van der Waals surface area (Å²) < 4.78 is 0. The van der Waals surface area contributed by atoms with Crippen molar-refractivity contribution in [3.8, 4) is 0 Å². The van der Waals surface area contributed by atoms with E-state index in [0.717, 1.165) is 0 Å². The van der Waals surface area contributed by atoms with E-state index in [4.69, 9.17) is 5.84 Å². The number of aromatic nitrogens is 2. The van der Waals surface area contributed by atoms with Gasteiger partial charge in [-0.15, -0.1) is 0 Å². The van der Waals surface area contributed by atoms with Crippen molar-refractivity contribution >= 4 is 23.5 Å². The van der Waals surface area contributed by atoms with Gasteiger partial charge in [0.1, 0.15) is 5.69 Å². The van der Waals surface area contributed by atoms with Crippen molar-refractivity contribution in [1.82, 2.24) is 15.3 Å². The second-order valence-corrected chi connectivity index (χ2v) is 5.54. The number of hydrogen-bond acceptors (Lipinski definition) is 6. The molecular formula is C11H17N5OS. The van der Waals surface area contributed by atoms with E-state index in [1.54, 1.807) is 0 Å². The highest BCUT2D eigenvalue weighted by atomic mass is 32.2. The average Bonchev–Trinajstić information content (AvgIpc) is 2.46. The number of carbonyl (C=O) groups excluding carboxylic acids is 1. The summed E-state index contributed by atoms with van der Waals surface area (Å²) in [6.07, 6.45) is 6.56. The molecule has 1 aliphatic heterocycles. The zero-order chi connectivity index (χ0) is 12.8.